The molecule has 33 heavy (non-hydrogen) atoms. The van der Waals surface area contributed by atoms with Crippen LogP contribution < -0.4 is 15.4 Å². The topological polar surface area (TPSA) is 104 Å². The van der Waals surface area contributed by atoms with Crippen LogP contribution in [0.25, 0.3) is 0 Å². The summed E-state index contributed by atoms with van der Waals surface area (Å²) in [7, 11) is -3.84. The third-order valence-electron chi connectivity index (χ3n) is 4.43. The predicted molar refractivity (Wildman–Crippen MR) is 130 cm³/mol. The van der Waals surface area contributed by atoms with Gasteiger partial charge in [-0.3, -0.25) is 14.3 Å². The molecule has 0 bridgehead atoms. The van der Waals surface area contributed by atoms with Crippen LogP contribution in [-0.2, 0) is 10.0 Å². The molecule has 0 aliphatic heterocycles. The lowest BCUT2D eigenvalue weighted by molar-refractivity contribution is 0.0920. The normalized spacial score (nSPS) is 11.5. The van der Waals surface area contributed by atoms with Crippen LogP contribution in [0, 0.1) is 0 Å². The highest BCUT2D eigenvalue weighted by Crippen LogP contribution is 2.25. The monoisotopic (exact) mass is 485 g/mol. The number of anilines is 2. The highest BCUT2D eigenvalue weighted by Gasteiger charge is 2.21. The Labute approximate surface area is 198 Å². The van der Waals surface area contributed by atoms with E-state index in [1.54, 1.807) is 42.5 Å². The first-order chi connectivity index (χ1) is 15.5. The molecule has 0 fully saturated rings. The molecule has 0 saturated carbocycles. The van der Waals surface area contributed by atoms with Gasteiger partial charge in [0.1, 0.15) is 0 Å². The molecule has 9 heteroatoms. The number of benzene rings is 3. The van der Waals surface area contributed by atoms with Crippen molar-refractivity contribution in [3.63, 3.8) is 0 Å². The van der Waals surface area contributed by atoms with Gasteiger partial charge in [0.2, 0.25) is 0 Å². The summed E-state index contributed by atoms with van der Waals surface area (Å²) in [5.74, 6) is -0.925. The Morgan fingerprint density at radius 3 is 2.12 bits per heavy atom. The van der Waals surface area contributed by atoms with Gasteiger partial charge in [0, 0.05) is 11.2 Å². The van der Waals surface area contributed by atoms with E-state index < -0.39 is 21.5 Å². The van der Waals surface area contributed by atoms with Crippen LogP contribution in [0.2, 0.25) is 5.02 Å². The molecule has 0 radical (unpaired) electrons. The van der Waals surface area contributed by atoms with Crippen molar-refractivity contribution >= 4 is 44.8 Å². The van der Waals surface area contributed by atoms with Gasteiger partial charge in [-0.15, -0.1) is 0 Å². The van der Waals surface area contributed by atoms with Gasteiger partial charge in [-0.05, 0) is 63.2 Å². The van der Waals surface area contributed by atoms with E-state index >= 15 is 0 Å². The molecule has 2 amide bonds. The molecule has 0 aliphatic carbocycles. The van der Waals surface area contributed by atoms with E-state index in [2.05, 4.69) is 15.4 Å². The SMILES string of the molecule is CC(C)(C)NC(=O)c1ccccc1NC(=O)c1cc(NS(=O)(=O)c2ccccc2)ccc1Cl. The van der Waals surface area contributed by atoms with Crippen molar-refractivity contribution in [2.24, 2.45) is 0 Å². The summed E-state index contributed by atoms with van der Waals surface area (Å²) in [6.07, 6.45) is 0. The molecule has 3 N–H and O–H groups in total. The number of rotatable bonds is 6. The molecule has 0 heterocycles. The average molecular weight is 486 g/mol. The molecule has 3 aromatic rings. The zero-order valence-corrected chi connectivity index (χ0v) is 19.9. The largest absolute Gasteiger partial charge is 0.347 e. The van der Waals surface area contributed by atoms with Gasteiger partial charge in [0.15, 0.2) is 0 Å². The molecule has 0 atom stereocenters. The van der Waals surface area contributed by atoms with Crippen molar-refractivity contribution in [1.82, 2.24) is 5.32 Å². The molecule has 0 unspecified atom stereocenters. The fourth-order valence-electron chi connectivity index (χ4n) is 2.96. The maximum atomic E-state index is 13.0. The number of carbonyl (C=O) groups is 2. The molecule has 3 rings (SSSR count). The number of amides is 2. The lowest BCUT2D eigenvalue weighted by Crippen LogP contribution is -2.40. The van der Waals surface area contributed by atoms with Crippen LogP contribution in [-0.4, -0.2) is 25.8 Å². The molecule has 0 aromatic heterocycles. The average Bonchev–Trinajstić information content (AvgIpc) is 2.74. The Balaban J connectivity index is 1.85. The smallest absolute Gasteiger partial charge is 0.261 e. The van der Waals surface area contributed by atoms with Gasteiger partial charge >= 0.3 is 0 Å². The third-order valence-corrected chi connectivity index (χ3v) is 6.15. The summed E-state index contributed by atoms with van der Waals surface area (Å²) < 4.78 is 27.7. The minimum Gasteiger partial charge on any atom is -0.347 e. The van der Waals surface area contributed by atoms with Gasteiger partial charge in [-0.25, -0.2) is 8.42 Å². The predicted octanol–water partition coefficient (Wildman–Crippen LogP) is 4.92. The van der Waals surface area contributed by atoms with E-state index in [0.29, 0.717) is 5.69 Å². The summed E-state index contributed by atoms with van der Waals surface area (Å²) >= 11 is 6.22. The zero-order chi connectivity index (χ0) is 24.2. The second-order valence-electron chi connectivity index (χ2n) is 8.32. The van der Waals surface area contributed by atoms with Crippen molar-refractivity contribution < 1.29 is 18.0 Å². The van der Waals surface area contributed by atoms with E-state index in [0.717, 1.165) is 0 Å². The first-order valence-electron chi connectivity index (χ1n) is 10.1. The van der Waals surface area contributed by atoms with Crippen molar-refractivity contribution in [2.75, 3.05) is 10.0 Å². The van der Waals surface area contributed by atoms with Crippen LogP contribution in [0.4, 0.5) is 11.4 Å². The van der Waals surface area contributed by atoms with Crippen LogP contribution in [0.15, 0.2) is 77.7 Å². The van der Waals surface area contributed by atoms with E-state index in [1.165, 1.54) is 30.3 Å². The first kappa shape index (κ1) is 24.3. The maximum Gasteiger partial charge on any atom is 0.261 e. The Bertz CT molecular complexity index is 1290. The minimum absolute atomic E-state index is 0.0518. The van der Waals surface area contributed by atoms with Gasteiger partial charge in [0.05, 0.1) is 26.7 Å². The number of halogens is 1. The summed E-state index contributed by atoms with van der Waals surface area (Å²) in [6, 6.07) is 18.7. The Morgan fingerprint density at radius 1 is 0.818 bits per heavy atom. The number of para-hydroxylation sites is 1. The molecule has 0 spiro atoms. The number of hydrogen-bond donors (Lipinski definition) is 3. The highest BCUT2D eigenvalue weighted by atomic mass is 35.5. The van der Waals surface area contributed by atoms with Gasteiger partial charge in [-0.2, -0.15) is 0 Å². The Hall–Kier alpha value is -3.36. The second kappa shape index (κ2) is 9.64. The van der Waals surface area contributed by atoms with Crippen molar-refractivity contribution in [3.8, 4) is 0 Å². The molecule has 7 nitrogen and oxygen atoms in total. The summed E-state index contributed by atoms with van der Waals surface area (Å²) in [4.78, 5) is 25.7. The lowest BCUT2D eigenvalue weighted by atomic mass is 10.1. The standard InChI is InChI=1S/C24H24ClN3O4S/c1-24(2,3)27-23(30)18-11-7-8-12-21(18)26-22(29)19-15-16(13-14-20(19)25)28-33(31,32)17-9-5-4-6-10-17/h4-15,28H,1-3H3,(H,26,29)(H,27,30). The fraction of sp³-hybridized carbons (Fsp3) is 0.167. The second-order valence-corrected chi connectivity index (χ2v) is 10.4. The maximum absolute atomic E-state index is 13.0. The van der Waals surface area contributed by atoms with Gasteiger partial charge in [-0.1, -0.05) is 41.9 Å². The van der Waals surface area contributed by atoms with E-state index in [9.17, 15) is 18.0 Å². The fourth-order valence-corrected chi connectivity index (χ4v) is 4.24. The number of carbonyl (C=O) groups excluding carboxylic acids is 2. The van der Waals surface area contributed by atoms with Crippen LogP contribution in [0.5, 0.6) is 0 Å². The minimum atomic E-state index is -3.84. The quantitative estimate of drug-likeness (QED) is 0.460. The van der Waals surface area contributed by atoms with E-state index in [1.807, 2.05) is 20.8 Å². The van der Waals surface area contributed by atoms with E-state index in [4.69, 9.17) is 11.6 Å². The molecule has 0 saturated heterocycles. The van der Waals surface area contributed by atoms with E-state index in [-0.39, 0.29) is 32.6 Å². The molecular formula is C24H24ClN3O4S. The number of hydrogen-bond acceptors (Lipinski definition) is 4. The lowest BCUT2D eigenvalue weighted by Gasteiger charge is -2.21. The van der Waals surface area contributed by atoms with Gasteiger partial charge < -0.3 is 10.6 Å². The van der Waals surface area contributed by atoms with Crippen molar-refractivity contribution in [1.29, 1.82) is 0 Å². The summed E-state index contributed by atoms with van der Waals surface area (Å²) in [6.45, 7) is 5.57. The van der Waals surface area contributed by atoms with Gasteiger partial charge in [0.25, 0.3) is 21.8 Å². The van der Waals surface area contributed by atoms with Crippen LogP contribution in [0.3, 0.4) is 0 Å². The third kappa shape index (κ3) is 6.34. The molecular weight excluding hydrogens is 462 g/mol. The number of nitrogens with one attached hydrogen (secondary N) is 3. The molecule has 172 valence electrons. The number of sulfonamides is 1. The summed E-state index contributed by atoms with van der Waals surface area (Å²) in [5, 5.41) is 5.68. The van der Waals surface area contributed by atoms with Crippen molar-refractivity contribution in [2.45, 2.75) is 31.2 Å². The first-order valence-corrected chi connectivity index (χ1v) is 11.9. The van der Waals surface area contributed by atoms with Crippen LogP contribution >= 0.6 is 11.6 Å². The summed E-state index contributed by atoms with van der Waals surface area (Å²) in [5.41, 5.74) is 0.360. The Morgan fingerprint density at radius 2 is 1.45 bits per heavy atom. The molecule has 0 aliphatic rings. The van der Waals surface area contributed by atoms with Crippen LogP contribution in [0.1, 0.15) is 41.5 Å². The zero-order valence-electron chi connectivity index (χ0n) is 18.3. The highest BCUT2D eigenvalue weighted by molar-refractivity contribution is 7.92. The molecule has 3 aromatic carbocycles. The van der Waals surface area contributed by atoms with Crippen molar-refractivity contribution in [3.05, 3.63) is 88.9 Å². The Kier molecular flexibility index (Phi) is 7.09.